The first-order valence-electron chi connectivity index (χ1n) is 4.16. The second kappa shape index (κ2) is 4.45. The maximum Gasteiger partial charge on any atom is 0.152 e. The van der Waals surface area contributed by atoms with Crippen LogP contribution in [0.15, 0.2) is 36.9 Å². The van der Waals surface area contributed by atoms with Gasteiger partial charge in [0.1, 0.15) is 0 Å². The van der Waals surface area contributed by atoms with Crippen LogP contribution in [0.2, 0.25) is 0 Å². The maximum atomic E-state index is 10.7. The number of hydrogen-bond acceptors (Lipinski definition) is 2. The van der Waals surface area contributed by atoms with E-state index in [2.05, 4.69) is 6.58 Å². The highest BCUT2D eigenvalue weighted by Gasteiger charge is 2.03. The molecule has 0 saturated carbocycles. The fourth-order valence-corrected chi connectivity index (χ4v) is 1.23. The minimum atomic E-state index is 0.715. The fourth-order valence-electron chi connectivity index (χ4n) is 1.23. The summed E-state index contributed by atoms with van der Waals surface area (Å²) in [7, 11) is 1.93. The van der Waals surface area contributed by atoms with Gasteiger partial charge < -0.3 is 4.90 Å². The highest BCUT2D eigenvalue weighted by atomic mass is 16.1. The Morgan fingerprint density at radius 3 is 2.77 bits per heavy atom. The average molecular weight is 175 g/mol. The van der Waals surface area contributed by atoms with Gasteiger partial charge in [-0.3, -0.25) is 4.79 Å². The monoisotopic (exact) mass is 175 g/mol. The van der Waals surface area contributed by atoms with Gasteiger partial charge in [-0.25, -0.2) is 0 Å². The number of benzene rings is 1. The lowest BCUT2D eigenvalue weighted by molar-refractivity contribution is 0.112. The number of likely N-dealkylation sites (N-methyl/N-ethyl adjacent to an activating group) is 1. The third-order valence-electron chi connectivity index (χ3n) is 1.88. The number of nitrogens with zero attached hydrogens (tertiary/aromatic N) is 1. The normalized spacial score (nSPS) is 9.31. The minimum Gasteiger partial charge on any atom is -0.370 e. The molecule has 0 amide bonds. The molecule has 0 N–H and O–H groups in total. The van der Waals surface area contributed by atoms with E-state index in [0.717, 1.165) is 18.5 Å². The summed E-state index contributed by atoms with van der Waals surface area (Å²) in [5.74, 6) is 0. The van der Waals surface area contributed by atoms with E-state index in [-0.39, 0.29) is 0 Å². The van der Waals surface area contributed by atoms with Crippen molar-refractivity contribution in [2.24, 2.45) is 0 Å². The number of para-hydroxylation sites is 1. The smallest absolute Gasteiger partial charge is 0.152 e. The molecule has 2 nitrogen and oxygen atoms in total. The van der Waals surface area contributed by atoms with Gasteiger partial charge >= 0.3 is 0 Å². The first-order valence-corrected chi connectivity index (χ1v) is 4.16. The van der Waals surface area contributed by atoms with E-state index in [9.17, 15) is 4.79 Å². The molecule has 0 aliphatic carbocycles. The molecule has 0 fully saturated rings. The Kier molecular flexibility index (Phi) is 3.26. The lowest BCUT2D eigenvalue weighted by atomic mass is 10.2. The van der Waals surface area contributed by atoms with E-state index in [1.165, 1.54) is 0 Å². The zero-order valence-corrected chi connectivity index (χ0v) is 7.73. The molecule has 1 rings (SSSR count). The van der Waals surface area contributed by atoms with Crippen LogP contribution in [0.4, 0.5) is 5.69 Å². The molecule has 0 radical (unpaired) electrons. The van der Waals surface area contributed by atoms with Gasteiger partial charge in [0.2, 0.25) is 0 Å². The maximum absolute atomic E-state index is 10.7. The molecule has 0 aromatic heterocycles. The molecule has 1 aromatic carbocycles. The van der Waals surface area contributed by atoms with Crippen molar-refractivity contribution in [3.8, 4) is 0 Å². The summed E-state index contributed by atoms with van der Waals surface area (Å²) in [6.45, 7) is 4.39. The van der Waals surface area contributed by atoms with Crippen LogP contribution in [0.5, 0.6) is 0 Å². The Morgan fingerprint density at radius 2 is 2.15 bits per heavy atom. The summed E-state index contributed by atoms with van der Waals surface area (Å²) in [6.07, 6.45) is 2.68. The summed E-state index contributed by atoms with van der Waals surface area (Å²) < 4.78 is 0. The van der Waals surface area contributed by atoms with Crippen molar-refractivity contribution in [3.63, 3.8) is 0 Å². The van der Waals surface area contributed by atoms with Crippen LogP contribution < -0.4 is 4.90 Å². The van der Waals surface area contributed by atoms with Crippen molar-refractivity contribution < 1.29 is 4.79 Å². The molecule has 0 heterocycles. The van der Waals surface area contributed by atoms with Crippen LogP contribution >= 0.6 is 0 Å². The first kappa shape index (κ1) is 9.52. The average Bonchev–Trinajstić information content (AvgIpc) is 2.18. The van der Waals surface area contributed by atoms with Gasteiger partial charge in [-0.2, -0.15) is 0 Å². The third-order valence-corrected chi connectivity index (χ3v) is 1.88. The molecule has 68 valence electrons. The minimum absolute atomic E-state index is 0.715. The van der Waals surface area contributed by atoms with Gasteiger partial charge in [0.15, 0.2) is 6.29 Å². The van der Waals surface area contributed by atoms with Crippen LogP contribution in [-0.2, 0) is 0 Å². The van der Waals surface area contributed by atoms with Gasteiger partial charge in [-0.1, -0.05) is 18.2 Å². The van der Waals surface area contributed by atoms with E-state index in [4.69, 9.17) is 0 Å². The molecule has 0 aliphatic heterocycles. The van der Waals surface area contributed by atoms with Crippen LogP contribution in [0, 0.1) is 0 Å². The number of aldehydes is 1. The van der Waals surface area contributed by atoms with E-state index in [0.29, 0.717) is 5.56 Å². The zero-order chi connectivity index (χ0) is 9.68. The molecule has 13 heavy (non-hydrogen) atoms. The second-order valence-electron chi connectivity index (χ2n) is 2.85. The molecule has 0 spiro atoms. The van der Waals surface area contributed by atoms with Crippen LogP contribution in [-0.4, -0.2) is 19.9 Å². The molecule has 0 bridgehead atoms. The Labute approximate surface area is 78.5 Å². The fraction of sp³-hybridized carbons (Fsp3) is 0.182. The first-order chi connectivity index (χ1) is 6.29. The van der Waals surface area contributed by atoms with Gasteiger partial charge in [-0.15, -0.1) is 6.58 Å². The quantitative estimate of drug-likeness (QED) is 0.516. The van der Waals surface area contributed by atoms with Crippen molar-refractivity contribution in [1.82, 2.24) is 0 Å². The molecule has 2 heteroatoms. The van der Waals surface area contributed by atoms with Crippen molar-refractivity contribution in [2.75, 3.05) is 18.5 Å². The summed E-state index contributed by atoms with van der Waals surface area (Å²) in [5, 5.41) is 0. The van der Waals surface area contributed by atoms with E-state index in [1.807, 2.05) is 42.3 Å². The molecule has 0 saturated heterocycles. The Bertz CT molecular complexity index is 307. The predicted molar refractivity (Wildman–Crippen MR) is 55.3 cm³/mol. The molecular formula is C11H13NO. The molecule has 0 atom stereocenters. The SMILES string of the molecule is C=CCN(C)c1ccccc1C=O. The number of carbonyl (C=O) groups is 1. The Hall–Kier alpha value is -1.57. The van der Waals surface area contributed by atoms with Crippen molar-refractivity contribution in [3.05, 3.63) is 42.5 Å². The van der Waals surface area contributed by atoms with Crippen molar-refractivity contribution in [1.29, 1.82) is 0 Å². The van der Waals surface area contributed by atoms with Crippen LogP contribution in [0.1, 0.15) is 10.4 Å². The van der Waals surface area contributed by atoms with Crippen LogP contribution in [0.25, 0.3) is 0 Å². The molecular weight excluding hydrogens is 162 g/mol. The molecule has 0 aliphatic rings. The summed E-state index contributed by atoms with van der Waals surface area (Å²) in [6, 6.07) is 7.51. The predicted octanol–water partition coefficient (Wildman–Crippen LogP) is 2.12. The zero-order valence-electron chi connectivity index (χ0n) is 7.73. The topological polar surface area (TPSA) is 20.3 Å². The number of anilines is 1. The standard InChI is InChI=1S/C11H13NO/c1-3-8-12(2)11-7-5-4-6-10(11)9-13/h3-7,9H,1,8H2,2H3. The lowest BCUT2D eigenvalue weighted by Crippen LogP contribution is -2.17. The van der Waals surface area contributed by atoms with E-state index >= 15 is 0 Å². The van der Waals surface area contributed by atoms with E-state index in [1.54, 1.807) is 0 Å². The highest BCUT2D eigenvalue weighted by molar-refractivity contribution is 5.84. The van der Waals surface area contributed by atoms with Gasteiger partial charge in [0, 0.05) is 24.8 Å². The largest absolute Gasteiger partial charge is 0.370 e. The molecule has 1 aromatic rings. The summed E-state index contributed by atoms with van der Waals surface area (Å²) in [4.78, 5) is 12.7. The van der Waals surface area contributed by atoms with Gasteiger partial charge in [-0.05, 0) is 12.1 Å². The summed E-state index contributed by atoms with van der Waals surface area (Å²) in [5.41, 5.74) is 1.66. The van der Waals surface area contributed by atoms with Gasteiger partial charge in [0.25, 0.3) is 0 Å². The third kappa shape index (κ3) is 2.18. The lowest BCUT2D eigenvalue weighted by Gasteiger charge is -2.18. The highest BCUT2D eigenvalue weighted by Crippen LogP contribution is 2.16. The van der Waals surface area contributed by atoms with Gasteiger partial charge in [0.05, 0.1) is 0 Å². The number of rotatable bonds is 4. The second-order valence-corrected chi connectivity index (χ2v) is 2.85. The Morgan fingerprint density at radius 1 is 1.46 bits per heavy atom. The molecule has 0 unspecified atom stereocenters. The van der Waals surface area contributed by atoms with Crippen molar-refractivity contribution in [2.45, 2.75) is 0 Å². The summed E-state index contributed by atoms with van der Waals surface area (Å²) >= 11 is 0. The number of carbonyl (C=O) groups excluding carboxylic acids is 1. The van der Waals surface area contributed by atoms with E-state index < -0.39 is 0 Å². The Balaban J connectivity index is 2.97. The van der Waals surface area contributed by atoms with Crippen LogP contribution in [0.3, 0.4) is 0 Å². The number of hydrogen-bond donors (Lipinski definition) is 0. The van der Waals surface area contributed by atoms with Crippen molar-refractivity contribution >= 4 is 12.0 Å².